The Morgan fingerprint density at radius 2 is 1.76 bits per heavy atom. The highest BCUT2D eigenvalue weighted by Crippen LogP contribution is 2.31. The van der Waals surface area contributed by atoms with Crippen LogP contribution in [0.3, 0.4) is 0 Å². The van der Waals surface area contributed by atoms with Crippen molar-refractivity contribution >= 4 is 34.7 Å². The fourth-order valence-electron chi connectivity index (χ4n) is 4.50. The number of nitrogens with two attached hydrogens (primary N) is 2. The first kappa shape index (κ1) is 32.0. The van der Waals surface area contributed by atoms with Gasteiger partial charge in [-0.25, -0.2) is 14.7 Å². The zero-order valence-electron chi connectivity index (χ0n) is 24.5. The van der Waals surface area contributed by atoms with Crippen LogP contribution in [0.2, 0.25) is 0 Å². The number of primary amides is 1. The van der Waals surface area contributed by atoms with Crippen LogP contribution in [0.4, 0.5) is 24.8 Å². The number of aryl methyl sites for hydroxylation is 3. The molecule has 0 atom stereocenters. The number of anilines is 1. The Morgan fingerprint density at radius 1 is 1.07 bits per heavy atom. The van der Waals surface area contributed by atoms with E-state index in [1.807, 2.05) is 25.1 Å². The molecule has 0 spiro atoms. The molecule has 0 radical (unpaired) electrons. The Kier molecular flexibility index (Phi) is 9.32. The van der Waals surface area contributed by atoms with Gasteiger partial charge in [0, 0.05) is 32.3 Å². The molecule has 11 nitrogen and oxygen atoms in total. The average Bonchev–Trinajstić information content (AvgIpc) is 3.52. The number of nitrogen functional groups attached to an aromatic ring is 1. The molecule has 0 saturated heterocycles. The van der Waals surface area contributed by atoms with E-state index in [9.17, 15) is 22.8 Å². The second-order valence-corrected chi connectivity index (χ2v) is 9.42. The molecule has 0 aliphatic rings. The Bertz CT molecular complexity index is 2040. The number of halogens is 3. The molecule has 2 aromatic carbocycles. The molecule has 14 heteroatoms. The number of amides is 1. The highest BCUT2D eigenvalue weighted by atomic mass is 19.4. The Balaban J connectivity index is 0.000000276. The number of nitrogens with zero attached hydrogens (tertiary/aromatic N) is 7. The summed E-state index contributed by atoms with van der Waals surface area (Å²) in [6.07, 6.45) is -0.0836. The molecule has 5 aromatic rings. The number of hydrogen-bond acceptors (Lipinski definition) is 7. The molecular formula is C31H28F3N9O2. The second kappa shape index (κ2) is 13.1. The van der Waals surface area contributed by atoms with E-state index in [1.165, 1.54) is 28.6 Å². The molecule has 0 aliphatic carbocycles. The van der Waals surface area contributed by atoms with Crippen LogP contribution in [0, 0.1) is 11.8 Å². The van der Waals surface area contributed by atoms with E-state index in [0.717, 1.165) is 10.9 Å². The van der Waals surface area contributed by atoms with Crippen LogP contribution in [0.25, 0.3) is 16.6 Å². The number of aromatic nitrogens is 6. The maximum absolute atomic E-state index is 13.4. The predicted molar refractivity (Wildman–Crippen MR) is 165 cm³/mol. The zero-order chi connectivity index (χ0) is 32.9. The molecule has 3 aromatic heterocycles. The van der Waals surface area contributed by atoms with Crippen molar-refractivity contribution in [3.63, 3.8) is 0 Å². The first-order valence-corrected chi connectivity index (χ1v) is 13.4. The third-order valence-corrected chi connectivity index (χ3v) is 6.43. The minimum absolute atomic E-state index is 0.0798. The van der Waals surface area contributed by atoms with Crippen molar-refractivity contribution in [3.05, 3.63) is 106 Å². The highest BCUT2D eigenvalue weighted by Gasteiger charge is 2.37. The van der Waals surface area contributed by atoms with E-state index in [0.29, 0.717) is 34.8 Å². The molecule has 0 saturated carbocycles. The van der Waals surface area contributed by atoms with Gasteiger partial charge >= 0.3 is 6.18 Å². The van der Waals surface area contributed by atoms with Gasteiger partial charge in [-0.3, -0.25) is 18.8 Å². The van der Waals surface area contributed by atoms with Crippen LogP contribution in [-0.4, -0.2) is 41.2 Å². The monoisotopic (exact) mass is 615 g/mol. The van der Waals surface area contributed by atoms with E-state index in [1.54, 1.807) is 37.4 Å². The van der Waals surface area contributed by atoms with Gasteiger partial charge in [0.15, 0.2) is 17.3 Å². The molecule has 0 unspecified atom stereocenters. The van der Waals surface area contributed by atoms with Crippen LogP contribution in [0.1, 0.15) is 39.9 Å². The van der Waals surface area contributed by atoms with E-state index in [-0.39, 0.29) is 27.9 Å². The van der Waals surface area contributed by atoms with E-state index >= 15 is 0 Å². The zero-order valence-corrected chi connectivity index (χ0v) is 24.5. The third kappa shape index (κ3) is 6.67. The molecular weight excluding hydrogens is 587 g/mol. The van der Waals surface area contributed by atoms with Gasteiger partial charge in [0.05, 0.1) is 28.4 Å². The topological polar surface area (TPSA) is 152 Å². The van der Waals surface area contributed by atoms with Crippen molar-refractivity contribution in [1.29, 1.82) is 0 Å². The van der Waals surface area contributed by atoms with E-state index in [2.05, 4.69) is 38.6 Å². The molecule has 45 heavy (non-hydrogen) atoms. The van der Waals surface area contributed by atoms with Crippen molar-refractivity contribution in [2.75, 3.05) is 5.73 Å². The average molecular weight is 616 g/mol. The number of allylic oxidation sites excluding steroid dienone is 1. The van der Waals surface area contributed by atoms with Gasteiger partial charge in [-0.2, -0.15) is 23.4 Å². The molecule has 4 N–H and O–H groups in total. The molecule has 1 amide bonds. The Hall–Kier alpha value is -5.97. The quantitative estimate of drug-likeness (QED) is 0.225. The van der Waals surface area contributed by atoms with Crippen LogP contribution < -0.4 is 17.0 Å². The molecule has 230 valence electrons. The van der Waals surface area contributed by atoms with Gasteiger partial charge in [-0.05, 0) is 24.3 Å². The lowest BCUT2D eigenvalue weighted by molar-refractivity contribution is -0.143. The summed E-state index contributed by atoms with van der Waals surface area (Å²) in [5.41, 5.74) is 10.6. The lowest BCUT2D eigenvalue weighted by atomic mass is 10.1. The summed E-state index contributed by atoms with van der Waals surface area (Å²) in [5.74, 6) is 5.61. The second-order valence-electron chi connectivity index (χ2n) is 9.42. The summed E-state index contributed by atoms with van der Waals surface area (Å²) in [5, 5.41) is 7.76. The number of para-hydroxylation sites is 1. The normalized spacial score (nSPS) is 11.2. The standard InChI is InChI=1S/C23H17F3N4O.C8H11N5O/c1-3-19-28-18-11-7-8-15(12-13-16-14-27-29(2)21(16)23(24,25)26)20(18)22(31)30(19)17-9-5-4-6-10-17;1-3-4-11-8-5(7(10)14)6(9)12-13(8)2/h4-11,14H,3H2,1-2H3;3-4H,1H2,2H3,(H2,9,12)(H2,10,14)/b;11-4-. The summed E-state index contributed by atoms with van der Waals surface area (Å²) in [4.78, 5) is 33.0. The van der Waals surface area contributed by atoms with Gasteiger partial charge in [-0.1, -0.05) is 55.7 Å². The predicted octanol–water partition coefficient (Wildman–Crippen LogP) is 4.09. The Labute approximate surface area is 255 Å². The van der Waals surface area contributed by atoms with Gasteiger partial charge in [0.2, 0.25) is 0 Å². The molecule has 0 bridgehead atoms. The van der Waals surface area contributed by atoms with Gasteiger partial charge in [0.25, 0.3) is 11.5 Å². The summed E-state index contributed by atoms with van der Waals surface area (Å²) < 4.78 is 43.6. The number of benzene rings is 2. The smallest absolute Gasteiger partial charge is 0.381 e. The number of carbonyl (C=O) groups excluding carboxylic acids is 1. The maximum atomic E-state index is 13.4. The fourth-order valence-corrected chi connectivity index (χ4v) is 4.50. The van der Waals surface area contributed by atoms with E-state index < -0.39 is 17.8 Å². The van der Waals surface area contributed by atoms with Crippen molar-refractivity contribution in [2.45, 2.75) is 19.5 Å². The number of rotatable bonds is 5. The van der Waals surface area contributed by atoms with E-state index in [4.69, 9.17) is 11.5 Å². The fraction of sp³-hybridized carbons (Fsp3) is 0.161. The largest absolute Gasteiger partial charge is 0.434 e. The maximum Gasteiger partial charge on any atom is 0.434 e. The molecule has 5 rings (SSSR count). The van der Waals surface area contributed by atoms with Crippen molar-refractivity contribution in [2.24, 2.45) is 24.8 Å². The van der Waals surface area contributed by atoms with Gasteiger partial charge in [-0.15, -0.1) is 0 Å². The van der Waals surface area contributed by atoms with Crippen LogP contribution >= 0.6 is 0 Å². The molecule has 0 aliphatic heterocycles. The minimum atomic E-state index is -4.59. The number of carbonyl (C=O) groups is 1. The molecule has 0 fully saturated rings. The van der Waals surface area contributed by atoms with Crippen LogP contribution in [-0.2, 0) is 26.7 Å². The third-order valence-electron chi connectivity index (χ3n) is 6.43. The van der Waals surface area contributed by atoms with Gasteiger partial charge in [0.1, 0.15) is 11.4 Å². The van der Waals surface area contributed by atoms with Crippen LogP contribution in [0.5, 0.6) is 0 Å². The lowest BCUT2D eigenvalue weighted by Gasteiger charge is -2.13. The van der Waals surface area contributed by atoms with Crippen molar-refractivity contribution in [1.82, 2.24) is 29.1 Å². The first-order valence-electron chi connectivity index (χ1n) is 13.4. The highest BCUT2D eigenvalue weighted by molar-refractivity contribution is 6.02. The number of hydrogen-bond donors (Lipinski definition) is 2. The van der Waals surface area contributed by atoms with Crippen molar-refractivity contribution in [3.8, 4) is 17.5 Å². The summed E-state index contributed by atoms with van der Waals surface area (Å²) in [6.45, 7) is 5.36. The van der Waals surface area contributed by atoms with Crippen LogP contribution in [0.15, 0.2) is 77.2 Å². The minimum Gasteiger partial charge on any atom is -0.381 e. The number of fused-ring (bicyclic) bond motifs is 1. The van der Waals surface area contributed by atoms with Gasteiger partial charge < -0.3 is 11.5 Å². The number of aliphatic imine (C=N–C) groups is 1. The van der Waals surface area contributed by atoms with Crippen molar-refractivity contribution < 1.29 is 18.0 Å². The first-order chi connectivity index (χ1) is 21.4. The summed E-state index contributed by atoms with van der Waals surface area (Å²) >= 11 is 0. The molecule has 3 heterocycles. The SMILES string of the molecule is C=C/C=N\c1c(C(N)=O)c(N)nn1C.CCc1nc2cccc(C#Cc3cnn(C)c3C(F)(F)F)c2c(=O)n1-c1ccccc1. The Morgan fingerprint density at radius 3 is 2.38 bits per heavy atom. The summed E-state index contributed by atoms with van der Waals surface area (Å²) in [6, 6.07) is 14.1. The number of alkyl halides is 3. The lowest BCUT2D eigenvalue weighted by Crippen LogP contribution is -2.24. The summed E-state index contributed by atoms with van der Waals surface area (Å²) in [7, 11) is 2.83.